The molecule has 2 heterocycles. The Kier molecular flexibility index (Phi) is 3.69. The van der Waals surface area contributed by atoms with Gasteiger partial charge in [-0.25, -0.2) is 4.98 Å². The summed E-state index contributed by atoms with van der Waals surface area (Å²) < 4.78 is 10.3. The first kappa shape index (κ1) is 11.3. The Hall–Kier alpha value is -1.20. The van der Waals surface area contributed by atoms with Crippen molar-refractivity contribution in [2.75, 3.05) is 20.3 Å². The second-order valence-electron chi connectivity index (χ2n) is 3.93. The highest BCUT2D eigenvalue weighted by molar-refractivity contribution is 5.19. The molecule has 1 aliphatic rings. The lowest BCUT2D eigenvalue weighted by Gasteiger charge is -2.15. The monoisotopic (exact) mass is 224 g/mol. The third kappa shape index (κ3) is 2.48. The molecule has 1 saturated heterocycles. The van der Waals surface area contributed by atoms with Crippen molar-refractivity contribution in [1.82, 2.24) is 9.97 Å². The zero-order valence-electron chi connectivity index (χ0n) is 9.30. The van der Waals surface area contributed by atoms with Crippen LogP contribution in [-0.2, 0) is 4.74 Å². The van der Waals surface area contributed by atoms with E-state index < -0.39 is 6.10 Å². The maximum Gasteiger partial charge on any atom is 0.238 e. The predicted octanol–water partition coefficient (Wildman–Crippen LogP) is 0.945. The highest BCUT2D eigenvalue weighted by atomic mass is 16.5. The van der Waals surface area contributed by atoms with Gasteiger partial charge in [0.2, 0.25) is 5.88 Å². The van der Waals surface area contributed by atoms with Crippen LogP contribution in [0.5, 0.6) is 5.88 Å². The fourth-order valence-corrected chi connectivity index (χ4v) is 1.92. The van der Waals surface area contributed by atoms with Gasteiger partial charge >= 0.3 is 0 Å². The summed E-state index contributed by atoms with van der Waals surface area (Å²) in [5, 5.41) is 10.1. The summed E-state index contributed by atoms with van der Waals surface area (Å²) >= 11 is 0. The van der Waals surface area contributed by atoms with Crippen LogP contribution < -0.4 is 4.74 Å². The van der Waals surface area contributed by atoms with Crippen LogP contribution in [0.2, 0.25) is 0 Å². The molecule has 0 bridgehead atoms. The van der Waals surface area contributed by atoms with Gasteiger partial charge in [-0.15, -0.1) is 0 Å². The molecule has 0 aliphatic carbocycles. The van der Waals surface area contributed by atoms with Crippen molar-refractivity contribution in [3.63, 3.8) is 0 Å². The van der Waals surface area contributed by atoms with Crippen molar-refractivity contribution in [3.8, 4) is 5.88 Å². The van der Waals surface area contributed by atoms with E-state index in [1.54, 1.807) is 12.4 Å². The number of ether oxygens (including phenoxy) is 2. The highest BCUT2D eigenvalue weighted by Gasteiger charge is 2.23. The van der Waals surface area contributed by atoms with E-state index in [0.29, 0.717) is 23.9 Å². The molecule has 1 aromatic heterocycles. The molecule has 1 aliphatic heterocycles. The normalized spacial score (nSPS) is 22.0. The summed E-state index contributed by atoms with van der Waals surface area (Å²) in [7, 11) is 1.53. The molecule has 2 unspecified atom stereocenters. The van der Waals surface area contributed by atoms with Gasteiger partial charge in [-0.2, -0.15) is 0 Å². The van der Waals surface area contributed by atoms with Gasteiger partial charge in [-0.3, -0.25) is 4.98 Å². The van der Waals surface area contributed by atoms with Crippen LogP contribution in [0, 0.1) is 5.92 Å². The van der Waals surface area contributed by atoms with Gasteiger partial charge in [0.1, 0.15) is 11.8 Å². The molecule has 1 fully saturated rings. The van der Waals surface area contributed by atoms with Crippen molar-refractivity contribution in [2.45, 2.75) is 18.9 Å². The van der Waals surface area contributed by atoms with Gasteiger partial charge in [0, 0.05) is 25.6 Å². The number of aromatic nitrogens is 2. The second kappa shape index (κ2) is 5.23. The van der Waals surface area contributed by atoms with Crippen molar-refractivity contribution >= 4 is 0 Å². The van der Waals surface area contributed by atoms with E-state index in [-0.39, 0.29) is 0 Å². The molecule has 0 aromatic carbocycles. The summed E-state index contributed by atoms with van der Waals surface area (Å²) in [4.78, 5) is 8.13. The summed E-state index contributed by atoms with van der Waals surface area (Å²) in [6.07, 6.45) is 4.13. The smallest absolute Gasteiger partial charge is 0.238 e. The number of aliphatic hydroxyl groups is 1. The summed E-state index contributed by atoms with van der Waals surface area (Å²) in [5.74, 6) is 0.802. The van der Waals surface area contributed by atoms with Gasteiger partial charge in [0.05, 0.1) is 7.11 Å². The molecule has 1 aromatic rings. The van der Waals surface area contributed by atoms with Crippen LogP contribution in [-0.4, -0.2) is 35.4 Å². The lowest BCUT2D eigenvalue weighted by molar-refractivity contribution is 0.123. The standard InChI is InChI=1S/C11H16N2O3/c1-15-11-10(12-3-4-13-11)9(14)6-8-2-5-16-7-8/h3-4,8-9,14H,2,5-7H2,1H3. The van der Waals surface area contributed by atoms with Crippen LogP contribution in [0.3, 0.4) is 0 Å². The zero-order valence-corrected chi connectivity index (χ0v) is 9.30. The van der Waals surface area contributed by atoms with E-state index in [4.69, 9.17) is 9.47 Å². The van der Waals surface area contributed by atoms with Crippen molar-refractivity contribution in [1.29, 1.82) is 0 Å². The molecule has 88 valence electrons. The molecule has 0 radical (unpaired) electrons. The van der Waals surface area contributed by atoms with E-state index in [9.17, 15) is 5.11 Å². The minimum atomic E-state index is -0.629. The highest BCUT2D eigenvalue weighted by Crippen LogP contribution is 2.28. The fourth-order valence-electron chi connectivity index (χ4n) is 1.92. The third-order valence-electron chi connectivity index (χ3n) is 2.78. The Labute approximate surface area is 94.4 Å². The third-order valence-corrected chi connectivity index (χ3v) is 2.78. The summed E-state index contributed by atoms with van der Waals surface area (Å²) in [5.41, 5.74) is 0.511. The molecule has 1 N–H and O–H groups in total. The first-order valence-corrected chi connectivity index (χ1v) is 5.42. The zero-order chi connectivity index (χ0) is 11.4. The summed E-state index contributed by atoms with van der Waals surface area (Å²) in [6.45, 7) is 1.51. The Morgan fingerprint density at radius 2 is 2.38 bits per heavy atom. The molecule has 5 heteroatoms. The molecule has 5 nitrogen and oxygen atoms in total. The number of rotatable bonds is 4. The lowest BCUT2D eigenvalue weighted by atomic mass is 9.99. The quantitative estimate of drug-likeness (QED) is 0.824. The Morgan fingerprint density at radius 3 is 3.06 bits per heavy atom. The molecule has 2 rings (SSSR count). The predicted molar refractivity (Wildman–Crippen MR) is 57.1 cm³/mol. The Bertz CT molecular complexity index is 340. The second-order valence-corrected chi connectivity index (χ2v) is 3.93. The van der Waals surface area contributed by atoms with Crippen LogP contribution in [0.4, 0.5) is 0 Å². The van der Waals surface area contributed by atoms with Crippen LogP contribution in [0.25, 0.3) is 0 Å². The van der Waals surface area contributed by atoms with Crippen molar-refractivity contribution < 1.29 is 14.6 Å². The van der Waals surface area contributed by atoms with Crippen molar-refractivity contribution in [2.24, 2.45) is 5.92 Å². The Morgan fingerprint density at radius 1 is 1.56 bits per heavy atom. The minimum Gasteiger partial charge on any atom is -0.480 e. The van der Waals surface area contributed by atoms with Crippen molar-refractivity contribution in [3.05, 3.63) is 18.1 Å². The lowest BCUT2D eigenvalue weighted by Crippen LogP contribution is -2.10. The molecule has 0 saturated carbocycles. The van der Waals surface area contributed by atoms with Gasteiger partial charge in [0.15, 0.2) is 0 Å². The largest absolute Gasteiger partial charge is 0.480 e. The molecule has 16 heavy (non-hydrogen) atoms. The first-order valence-electron chi connectivity index (χ1n) is 5.42. The van der Waals surface area contributed by atoms with Gasteiger partial charge in [-0.1, -0.05) is 0 Å². The number of hydrogen-bond donors (Lipinski definition) is 1. The maximum absolute atomic E-state index is 10.1. The van der Waals surface area contributed by atoms with E-state index in [2.05, 4.69) is 9.97 Å². The molecular weight excluding hydrogens is 208 g/mol. The number of methoxy groups -OCH3 is 1. The van der Waals surface area contributed by atoms with E-state index in [1.165, 1.54) is 7.11 Å². The number of hydrogen-bond acceptors (Lipinski definition) is 5. The van der Waals surface area contributed by atoms with E-state index in [1.807, 2.05) is 0 Å². The molecular formula is C11H16N2O3. The minimum absolute atomic E-state index is 0.397. The fraction of sp³-hybridized carbons (Fsp3) is 0.636. The van der Waals surface area contributed by atoms with E-state index in [0.717, 1.165) is 19.6 Å². The summed E-state index contributed by atoms with van der Waals surface area (Å²) in [6, 6.07) is 0. The van der Waals surface area contributed by atoms with Gasteiger partial charge < -0.3 is 14.6 Å². The molecule has 2 atom stereocenters. The van der Waals surface area contributed by atoms with Crippen LogP contribution in [0.1, 0.15) is 24.6 Å². The Balaban J connectivity index is 2.04. The molecule has 0 amide bonds. The average Bonchev–Trinajstić information content (AvgIpc) is 2.81. The number of nitrogens with zero attached hydrogens (tertiary/aromatic N) is 2. The first-order chi connectivity index (χ1) is 7.81. The van der Waals surface area contributed by atoms with E-state index >= 15 is 0 Å². The van der Waals surface area contributed by atoms with Gasteiger partial charge in [0.25, 0.3) is 0 Å². The average molecular weight is 224 g/mol. The number of aliphatic hydroxyl groups excluding tert-OH is 1. The SMILES string of the molecule is COc1nccnc1C(O)CC1CCOC1. The topological polar surface area (TPSA) is 64.5 Å². The molecule has 0 spiro atoms. The van der Waals surface area contributed by atoms with Gasteiger partial charge in [-0.05, 0) is 18.8 Å². The van der Waals surface area contributed by atoms with Crippen LogP contribution >= 0.6 is 0 Å². The maximum atomic E-state index is 10.1. The van der Waals surface area contributed by atoms with Crippen LogP contribution in [0.15, 0.2) is 12.4 Å².